The third kappa shape index (κ3) is 3.29. The lowest BCUT2D eigenvalue weighted by Gasteiger charge is -2.41. The summed E-state index contributed by atoms with van der Waals surface area (Å²) in [5.74, 6) is 0. The highest BCUT2D eigenvalue weighted by Crippen LogP contribution is 2.28. The number of benzene rings is 2. The van der Waals surface area contributed by atoms with Crippen molar-refractivity contribution in [3.05, 3.63) is 66.2 Å². The monoisotopic (exact) mass is 312 g/mol. The minimum atomic E-state index is 0.0467. The number of nitrogens with zero attached hydrogens (tertiary/aromatic N) is 1. The van der Waals surface area contributed by atoms with E-state index in [9.17, 15) is 0 Å². The lowest BCUT2D eigenvalue weighted by molar-refractivity contribution is -0.0404. The Morgan fingerprint density at radius 2 is 1.73 bits per heavy atom. The van der Waals surface area contributed by atoms with Crippen LogP contribution in [-0.2, 0) is 4.74 Å². The van der Waals surface area contributed by atoms with Crippen LogP contribution in [0.15, 0.2) is 60.7 Å². The lowest BCUT2D eigenvalue weighted by atomic mass is 10.0. The number of anilines is 1. The van der Waals surface area contributed by atoms with E-state index < -0.39 is 0 Å². The van der Waals surface area contributed by atoms with Gasteiger partial charge < -0.3 is 15.0 Å². The SMILES string of the molecule is C[C@H]1[C@H](c2ccccc2)OCCN1C(=S)Nc1ccccc1. The van der Waals surface area contributed by atoms with Crippen molar-refractivity contribution in [3.63, 3.8) is 0 Å². The van der Waals surface area contributed by atoms with Gasteiger partial charge in [-0.2, -0.15) is 0 Å². The minimum absolute atomic E-state index is 0.0467. The predicted octanol–water partition coefficient (Wildman–Crippen LogP) is 3.85. The van der Waals surface area contributed by atoms with Gasteiger partial charge in [-0.1, -0.05) is 48.5 Å². The maximum atomic E-state index is 5.98. The quantitative estimate of drug-likeness (QED) is 0.852. The van der Waals surface area contributed by atoms with Crippen molar-refractivity contribution in [1.29, 1.82) is 0 Å². The first-order valence-electron chi connectivity index (χ1n) is 7.55. The average Bonchev–Trinajstić information content (AvgIpc) is 2.56. The molecule has 114 valence electrons. The Bertz CT molecular complexity index is 617. The standard InChI is InChI=1S/C18H20N2OS/c1-14-17(15-8-4-2-5-9-15)21-13-12-20(14)18(22)19-16-10-6-3-7-11-16/h2-11,14,17H,12-13H2,1H3,(H,19,22)/t14-,17+/m0/s1. The van der Waals surface area contributed by atoms with Crippen LogP contribution < -0.4 is 5.32 Å². The normalized spacial score (nSPS) is 21.4. The smallest absolute Gasteiger partial charge is 0.173 e. The summed E-state index contributed by atoms with van der Waals surface area (Å²) < 4.78 is 5.98. The van der Waals surface area contributed by atoms with E-state index in [1.54, 1.807) is 0 Å². The van der Waals surface area contributed by atoms with Crippen LogP contribution in [0.25, 0.3) is 0 Å². The average molecular weight is 312 g/mol. The third-order valence-corrected chi connectivity index (χ3v) is 4.31. The molecule has 22 heavy (non-hydrogen) atoms. The summed E-state index contributed by atoms with van der Waals surface area (Å²) in [5, 5.41) is 4.07. The summed E-state index contributed by atoms with van der Waals surface area (Å²) in [5.41, 5.74) is 2.21. The zero-order chi connectivity index (χ0) is 15.4. The molecule has 2 aromatic carbocycles. The van der Waals surface area contributed by atoms with E-state index in [1.165, 1.54) is 5.56 Å². The van der Waals surface area contributed by atoms with Crippen LogP contribution in [0, 0.1) is 0 Å². The summed E-state index contributed by atoms with van der Waals surface area (Å²) >= 11 is 5.60. The zero-order valence-corrected chi connectivity index (χ0v) is 13.4. The van der Waals surface area contributed by atoms with E-state index in [1.807, 2.05) is 48.5 Å². The minimum Gasteiger partial charge on any atom is -0.370 e. The van der Waals surface area contributed by atoms with Gasteiger partial charge in [0.05, 0.1) is 12.6 Å². The van der Waals surface area contributed by atoms with Gasteiger partial charge in [0.2, 0.25) is 0 Å². The van der Waals surface area contributed by atoms with Crippen LogP contribution in [0.1, 0.15) is 18.6 Å². The number of para-hydroxylation sites is 1. The molecule has 1 N–H and O–H groups in total. The van der Waals surface area contributed by atoms with Crippen LogP contribution in [0.3, 0.4) is 0 Å². The second-order valence-corrected chi connectivity index (χ2v) is 5.82. The van der Waals surface area contributed by atoms with Gasteiger partial charge in [0, 0.05) is 12.2 Å². The molecule has 1 aliphatic rings. The first-order valence-corrected chi connectivity index (χ1v) is 7.96. The van der Waals surface area contributed by atoms with Crippen LogP contribution in [0.2, 0.25) is 0 Å². The van der Waals surface area contributed by atoms with Crippen molar-refractivity contribution in [3.8, 4) is 0 Å². The number of hydrogen-bond donors (Lipinski definition) is 1. The Hall–Kier alpha value is -1.91. The first-order chi connectivity index (χ1) is 10.8. The molecule has 0 bridgehead atoms. The summed E-state index contributed by atoms with van der Waals surface area (Å²) in [6.45, 7) is 3.65. The van der Waals surface area contributed by atoms with Crippen molar-refractivity contribution in [2.75, 3.05) is 18.5 Å². The summed E-state index contributed by atoms with van der Waals surface area (Å²) in [4.78, 5) is 2.21. The molecule has 1 fully saturated rings. The van der Waals surface area contributed by atoms with Crippen LogP contribution >= 0.6 is 12.2 Å². The maximum absolute atomic E-state index is 5.98. The number of morpholine rings is 1. The van der Waals surface area contributed by atoms with Gasteiger partial charge in [-0.05, 0) is 36.8 Å². The largest absolute Gasteiger partial charge is 0.370 e. The van der Waals surface area contributed by atoms with Crippen LogP contribution in [0.5, 0.6) is 0 Å². The van der Waals surface area contributed by atoms with E-state index in [2.05, 4.69) is 29.3 Å². The van der Waals surface area contributed by atoms with Gasteiger partial charge in [0.15, 0.2) is 5.11 Å². The van der Waals surface area contributed by atoms with Crippen molar-refractivity contribution in [2.45, 2.75) is 19.1 Å². The molecule has 4 heteroatoms. The van der Waals surface area contributed by atoms with Crippen molar-refractivity contribution in [2.24, 2.45) is 0 Å². The van der Waals surface area contributed by atoms with Crippen LogP contribution in [-0.4, -0.2) is 29.2 Å². The third-order valence-electron chi connectivity index (χ3n) is 3.97. The highest BCUT2D eigenvalue weighted by atomic mass is 32.1. The molecule has 1 heterocycles. The molecule has 0 unspecified atom stereocenters. The Morgan fingerprint density at radius 3 is 2.41 bits per heavy atom. The Balaban J connectivity index is 1.72. The topological polar surface area (TPSA) is 24.5 Å². The number of nitrogens with one attached hydrogen (secondary N) is 1. The fourth-order valence-electron chi connectivity index (χ4n) is 2.81. The van der Waals surface area contributed by atoms with Gasteiger partial charge in [0.1, 0.15) is 6.10 Å². The predicted molar refractivity (Wildman–Crippen MR) is 94.0 cm³/mol. The molecule has 0 spiro atoms. The van der Waals surface area contributed by atoms with E-state index >= 15 is 0 Å². The molecule has 2 atom stereocenters. The van der Waals surface area contributed by atoms with Gasteiger partial charge >= 0.3 is 0 Å². The number of hydrogen-bond acceptors (Lipinski definition) is 2. The van der Waals surface area contributed by atoms with Crippen molar-refractivity contribution < 1.29 is 4.74 Å². The fraction of sp³-hybridized carbons (Fsp3) is 0.278. The Kier molecular flexibility index (Phi) is 4.71. The Labute approximate surface area is 136 Å². The molecule has 0 radical (unpaired) electrons. The summed E-state index contributed by atoms with van der Waals surface area (Å²) in [7, 11) is 0. The molecule has 2 aromatic rings. The molecule has 0 aromatic heterocycles. The second kappa shape index (κ2) is 6.90. The lowest BCUT2D eigenvalue weighted by Crippen LogP contribution is -2.50. The van der Waals surface area contributed by atoms with E-state index in [-0.39, 0.29) is 12.1 Å². The van der Waals surface area contributed by atoms with Gasteiger partial charge in [-0.15, -0.1) is 0 Å². The van der Waals surface area contributed by atoms with E-state index in [0.29, 0.717) is 6.61 Å². The molecular weight excluding hydrogens is 292 g/mol. The highest BCUT2D eigenvalue weighted by Gasteiger charge is 2.31. The van der Waals surface area contributed by atoms with E-state index in [0.717, 1.165) is 17.3 Å². The number of rotatable bonds is 2. The van der Waals surface area contributed by atoms with Gasteiger partial charge in [-0.3, -0.25) is 0 Å². The molecule has 0 aliphatic carbocycles. The molecule has 0 saturated carbocycles. The van der Waals surface area contributed by atoms with Crippen molar-refractivity contribution >= 4 is 23.0 Å². The van der Waals surface area contributed by atoms with E-state index in [4.69, 9.17) is 17.0 Å². The van der Waals surface area contributed by atoms with Gasteiger partial charge in [0.25, 0.3) is 0 Å². The first kappa shape index (κ1) is 15.0. The molecule has 1 saturated heterocycles. The van der Waals surface area contributed by atoms with Crippen molar-refractivity contribution in [1.82, 2.24) is 4.90 Å². The molecule has 3 rings (SSSR count). The zero-order valence-electron chi connectivity index (χ0n) is 12.6. The number of ether oxygens (including phenoxy) is 1. The number of thiocarbonyl (C=S) groups is 1. The highest BCUT2D eigenvalue weighted by molar-refractivity contribution is 7.80. The second-order valence-electron chi connectivity index (χ2n) is 5.43. The van der Waals surface area contributed by atoms with Gasteiger partial charge in [-0.25, -0.2) is 0 Å². The van der Waals surface area contributed by atoms with Crippen LogP contribution in [0.4, 0.5) is 5.69 Å². The summed E-state index contributed by atoms with van der Waals surface area (Å²) in [6.07, 6.45) is 0.0467. The molecular formula is C18H20N2OS. The summed E-state index contributed by atoms with van der Waals surface area (Å²) in [6, 6.07) is 20.6. The molecule has 0 amide bonds. The maximum Gasteiger partial charge on any atom is 0.173 e. The fourth-order valence-corrected chi connectivity index (χ4v) is 3.18. The molecule has 1 aliphatic heterocycles. The Morgan fingerprint density at radius 1 is 1.09 bits per heavy atom. The molecule has 3 nitrogen and oxygen atoms in total.